The van der Waals surface area contributed by atoms with Crippen molar-refractivity contribution in [1.82, 2.24) is 19.7 Å². The molecule has 1 amide bonds. The second kappa shape index (κ2) is 8.05. The fourth-order valence-corrected chi connectivity index (χ4v) is 4.76. The lowest BCUT2D eigenvalue weighted by atomic mass is 10.0. The van der Waals surface area contributed by atoms with Gasteiger partial charge in [0.2, 0.25) is 5.91 Å². The van der Waals surface area contributed by atoms with E-state index in [2.05, 4.69) is 26.4 Å². The van der Waals surface area contributed by atoms with Crippen LogP contribution in [0.1, 0.15) is 11.3 Å². The number of hydrogen-bond acceptors (Lipinski definition) is 6. The van der Waals surface area contributed by atoms with Crippen LogP contribution in [-0.2, 0) is 11.3 Å². The van der Waals surface area contributed by atoms with Crippen molar-refractivity contribution in [1.29, 1.82) is 0 Å². The normalized spacial score (nSPS) is 11.2. The number of carbonyl (C=O) groups excluding carboxylic acids is 1. The van der Waals surface area contributed by atoms with E-state index < -0.39 is 0 Å². The standard InChI is InChI=1S/C24H21N5O2S/c1-14-4-9-19-20(12-14)32-24(26-19)27-21(30)13-29-23-22(15(2)28-29)18(10-11-25-23)16-5-7-17(31-3)8-6-16/h4-12H,13H2,1-3H3,(H,26,27,30). The first kappa shape index (κ1) is 20.1. The number of aryl methyl sites for hydroxylation is 2. The molecule has 0 fully saturated rings. The van der Waals surface area contributed by atoms with Gasteiger partial charge in [0.25, 0.3) is 0 Å². The summed E-state index contributed by atoms with van der Waals surface area (Å²) in [6, 6.07) is 15.9. The number of methoxy groups -OCH3 is 1. The van der Waals surface area contributed by atoms with Crippen molar-refractivity contribution < 1.29 is 9.53 Å². The number of amides is 1. The van der Waals surface area contributed by atoms with Crippen molar-refractivity contribution in [2.24, 2.45) is 0 Å². The Bertz CT molecular complexity index is 1450. The van der Waals surface area contributed by atoms with Crippen LogP contribution in [0.2, 0.25) is 0 Å². The molecule has 0 bridgehead atoms. The summed E-state index contributed by atoms with van der Waals surface area (Å²) in [6.07, 6.45) is 1.74. The van der Waals surface area contributed by atoms with Gasteiger partial charge in [-0.3, -0.25) is 4.79 Å². The third kappa shape index (κ3) is 3.69. The number of carbonyl (C=O) groups is 1. The molecule has 8 heteroatoms. The average molecular weight is 444 g/mol. The number of benzene rings is 2. The van der Waals surface area contributed by atoms with Gasteiger partial charge in [0, 0.05) is 11.6 Å². The molecule has 0 radical (unpaired) electrons. The molecule has 3 heterocycles. The molecule has 32 heavy (non-hydrogen) atoms. The Morgan fingerprint density at radius 3 is 2.72 bits per heavy atom. The number of ether oxygens (including phenoxy) is 1. The number of aromatic nitrogens is 4. The van der Waals surface area contributed by atoms with E-state index in [1.54, 1.807) is 18.0 Å². The maximum absolute atomic E-state index is 12.8. The highest BCUT2D eigenvalue weighted by Gasteiger charge is 2.17. The topological polar surface area (TPSA) is 81.9 Å². The minimum atomic E-state index is -0.193. The average Bonchev–Trinajstić information content (AvgIpc) is 3.33. The molecule has 0 aliphatic rings. The number of hydrogen-bond donors (Lipinski definition) is 1. The summed E-state index contributed by atoms with van der Waals surface area (Å²) < 4.78 is 7.95. The first-order valence-electron chi connectivity index (χ1n) is 10.2. The lowest BCUT2D eigenvalue weighted by Crippen LogP contribution is -2.19. The maximum atomic E-state index is 12.8. The molecule has 7 nitrogen and oxygen atoms in total. The van der Waals surface area contributed by atoms with E-state index in [1.807, 2.05) is 56.3 Å². The van der Waals surface area contributed by atoms with Gasteiger partial charge in [0.05, 0.1) is 23.0 Å². The number of thiazole rings is 1. The van der Waals surface area contributed by atoms with Crippen molar-refractivity contribution >= 4 is 43.6 Å². The molecule has 0 saturated carbocycles. The predicted molar refractivity (Wildman–Crippen MR) is 127 cm³/mol. The van der Waals surface area contributed by atoms with Crippen LogP contribution in [0.4, 0.5) is 5.13 Å². The van der Waals surface area contributed by atoms with Crippen LogP contribution in [0.25, 0.3) is 32.4 Å². The predicted octanol–water partition coefficient (Wildman–Crippen LogP) is 4.97. The van der Waals surface area contributed by atoms with Gasteiger partial charge in [-0.15, -0.1) is 0 Å². The molecule has 160 valence electrons. The molecule has 5 aromatic rings. The van der Waals surface area contributed by atoms with E-state index in [-0.39, 0.29) is 12.5 Å². The van der Waals surface area contributed by atoms with Crippen LogP contribution in [0, 0.1) is 13.8 Å². The van der Waals surface area contributed by atoms with Gasteiger partial charge in [-0.25, -0.2) is 14.6 Å². The number of nitrogens with zero attached hydrogens (tertiary/aromatic N) is 4. The molecule has 5 rings (SSSR count). The zero-order chi connectivity index (χ0) is 22.2. The van der Waals surface area contributed by atoms with E-state index in [9.17, 15) is 4.79 Å². The molecule has 0 atom stereocenters. The molecule has 3 aromatic heterocycles. The van der Waals surface area contributed by atoms with Crippen molar-refractivity contribution in [2.45, 2.75) is 20.4 Å². The van der Waals surface area contributed by atoms with Crippen LogP contribution in [-0.4, -0.2) is 32.8 Å². The van der Waals surface area contributed by atoms with Gasteiger partial charge in [-0.2, -0.15) is 5.10 Å². The van der Waals surface area contributed by atoms with E-state index in [4.69, 9.17) is 4.74 Å². The zero-order valence-corrected chi connectivity index (χ0v) is 18.7. The first-order valence-corrected chi connectivity index (χ1v) is 11.0. The Morgan fingerprint density at radius 1 is 1.12 bits per heavy atom. The Morgan fingerprint density at radius 2 is 1.94 bits per heavy atom. The molecule has 0 unspecified atom stereocenters. The van der Waals surface area contributed by atoms with Gasteiger partial charge in [-0.05, 0) is 60.9 Å². The molecular formula is C24H21N5O2S. The number of rotatable bonds is 5. The molecule has 0 aliphatic heterocycles. The van der Waals surface area contributed by atoms with E-state index in [0.717, 1.165) is 43.7 Å². The summed E-state index contributed by atoms with van der Waals surface area (Å²) >= 11 is 1.46. The minimum absolute atomic E-state index is 0.0539. The van der Waals surface area contributed by atoms with E-state index >= 15 is 0 Å². The lowest BCUT2D eigenvalue weighted by Gasteiger charge is -2.06. The third-order valence-electron chi connectivity index (χ3n) is 5.29. The fraction of sp³-hybridized carbons (Fsp3) is 0.167. The Hall–Kier alpha value is -3.78. The Kier molecular flexibility index (Phi) is 5.07. The second-order valence-corrected chi connectivity index (χ2v) is 8.60. The van der Waals surface area contributed by atoms with Gasteiger partial charge in [0.15, 0.2) is 10.8 Å². The summed E-state index contributed by atoms with van der Waals surface area (Å²) in [6.45, 7) is 4.02. The Balaban J connectivity index is 1.43. The van der Waals surface area contributed by atoms with Crippen LogP contribution in [0.5, 0.6) is 5.75 Å². The summed E-state index contributed by atoms with van der Waals surface area (Å²) in [5.41, 5.74) is 5.59. The summed E-state index contributed by atoms with van der Waals surface area (Å²) in [5, 5.41) is 9.01. The monoisotopic (exact) mass is 443 g/mol. The quantitative estimate of drug-likeness (QED) is 0.415. The smallest absolute Gasteiger partial charge is 0.247 e. The summed E-state index contributed by atoms with van der Waals surface area (Å²) in [5.74, 6) is 0.606. The molecular weight excluding hydrogens is 422 g/mol. The zero-order valence-electron chi connectivity index (χ0n) is 17.9. The maximum Gasteiger partial charge on any atom is 0.247 e. The number of pyridine rings is 1. The molecule has 0 aliphatic carbocycles. The highest BCUT2D eigenvalue weighted by molar-refractivity contribution is 7.22. The molecule has 0 spiro atoms. The van der Waals surface area contributed by atoms with Crippen molar-refractivity contribution in [2.75, 3.05) is 12.4 Å². The van der Waals surface area contributed by atoms with Crippen LogP contribution < -0.4 is 10.1 Å². The van der Waals surface area contributed by atoms with Gasteiger partial charge in [-0.1, -0.05) is 29.5 Å². The first-order chi connectivity index (χ1) is 15.5. The molecule has 2 aromatic carbocycles. The fourth-order valence-electron chi connectivity index (χ4n) is 3.78. The highest BCUT2D eigenvalue weighted by Crippen LogP contribution is 2.31. The third-order valence-corrected chi connectivity index (χ3v) is 6.23. The van der Waals surface area contributed by atoms with Crippen molar-refractivity contribution in [3.63, 3.8) is 0 Å². The van der Waals surface area contributed by atoms with E-state index in [1.165, 1.54) is 11.3 Å². The van der Waals surface area contributed by atoms with Crippen molar-refractivity contribution in [3.8, 4) is 16.9 Å². The van der Waals surface area contributed by atoms with Crippen LogP contribution in [0.15, 0.2) is 54.7 Å². The van der Waals surface area contributed by atoms with Gasteiger partial charge >= 0.3 is 0 Å². The SMILES string of the molecule is COc1ccc(-c2ccnc3c2c(C)nn3CC(=O)Nc2nc3ccc(C)cc3s2)cc1. The summed E-state index contributed by atoms with van der Waals surface area (Å²) in [7, 11) is 1.65. The largest absolute Gasteiger partial charge is 0.497 e. The lowest BCUT2D eigenvalue weighted by molar-refractivity contribution is -0.116. The number of anilines is 1. The van der Waals surface area contributed by atoms with Gasteiger partial charge < -0.3 is 10.1 Å². The second-order valence-electron chi connectivity index (χ2n) is 7.57. The molecule has 0 saturated heterocycles. The number of nitrogens with one attached hydrogen (secondary N) is 1. The minimum Gasteiger partial charge on any atom is -0.497 e. The van der Waals surface area contributed by atoms with Crippen LogP contribution >= 0.6 is 11.3 Å². The van der Waals surface area contributed by atoms with E-state index in [0.29, 0.717) is 10.8 Å². The Labute approximate surface area is 188 Å². The molecule has 1 N–H and O–H groups in total. The van der Waals surface area contributed by atoms with Gasteiger partial charge in [0.1, 0.15) is 12.3 Å². The number of fused-ring (bicyclic) bond motifs is 2. The van der Waals surface area contributed by atoms with Crippen molar-refractivity contribution in [3.05, 3.63) is 66.0 Å². The van der Waals surface area contributed by atoms with Crippen LogP contribution in [0.3, 0.4) is 0 Å². The summed E-state index contributed by atoms with van der Waals surface area (Å²) in [4.78, 5) is 21.8. The highest BCUT2D eigenvalue weighted by atomic mass is 32.1.